The number of furan rings is 1. The lowest BCUT2D eigenvalue weighted by molar-refractivity contribution is 0.392. The largest absolute Gasteiger partial charge is 0.447 e. The lowest BCUT2D eigenvalue weighted by Gasteiger charge is -2.15. The number of nitrogens with one attached hydrogen (secondary N) is 2. The van der Waals surface area contributed by atoms with Crippen molar-refractivity contribution in [3.8, 4) is 0 Å². The minimum absolute atomic E-state index is 0.0645. The van der Waals surface area contributed by atoms with Crippen molar-refractivity contribution >= 4 is 10.0 Å². The Kier molecular flexibility index (Phi) is 4.82. The smallest absolute Gasteiger partial charge is 0.273 e. The van der Waals surface area contributed by atoms with Gasteiger partial charge in [-0.25, -0.2) is 13.1 Å². The second-order valence-corrected chi connectivity index (χ2v) is 6.70. The van der Waals surface area contributed by atoms with E-state index in [1.807, 2.05) is 12.1 Å². The Hall–Kier alpha value is -1.63. The molecule has 0 fully saturated rings. The fourth-order valence-corrected chi connectivity index (χ4v) is 2.80. The molecule has 0 saturated heterocycles. The third-order valence-corrected chi connectivity index (χ3v) is 4.69. The summed E-state index contributed by atoms with van der Waals surface area (Å²) in [7, 11) is -2.16. The van der Waals surface area contributed by atoms with E-state index in [4.69, 9.17) is 4.42 Å². The Morgan fingerprint density at radius 3 is 2.57 bits per heavy atom. The van der Waals surface area contributed by atoms with Gasteiger partial charge in [-0.3, -0.25) is 0 Å². The van der Waals surface area contributed by atoms with Gasteiger partial charge in [0.15, 0.2) is 0 Å². The van der Waals surface area contributed by atoms with Gasteiger partial charge in [0.05, 0.1) is 6.54 Å². The Bertz CT molecular complexity index is 707. The Morgan fingerprint density at radius 2 is 1.90 bits per heavy atom. The molecule has 0 amide bonds. The van der Waals surface area contributed by atoms with Gasteiger partial charge < -0.3 is 9.73 Å². The minimum Gasteiger partial charge on any atom is -0.447 e. The van der Waals surface area contributed by atoms with Gasteiger partial charge in [-0.05, 0) is 44.2 Å². The van der Waals surface area contributed by atoms with Gasteiger partial charge in [0.25, 0.3) is 10.0 Å². The molecule has 5 nitrogen and oxygen atoms in total. The van der Waals surface area contributed by atoms with E-state index in [1.54, 1.807) is 6.07 Å². The molecule has 0 aliphatic heterocycles. The number of rotatable bonds is 6. The highest BCUT2D eigenvalue weighted by Gasteiger charge is 2.16. The van der Waals surface area contributed by atoms with E-state index in [1.165, 1.54) is 24.2 Å². The predicted octanol–water partition coefficient (Wildman–Crippen LogP) is 2.35. The summed E-state index contributed by atoms with van der Waals surface area (Å²) in [4.78, 5) is 0. The van der Waals surface area contributed by atoms with E-state index in [9.17, 15) is 8.42 Å². The van der Waals surface area contributed by atoms with Crippen molar-refractivity contribution < 1.29 is 12.8 Å². The van der Waals surface area contributed by atoms with Crippen LogP contribution in [0.4, 0.5) is 0 Å². The van der Waals surface area contributed by atoms with Crippen molar-refractivity contribution in [3.05, 3.63) is 53.3 Å². The second-order valence-electron chi connectivity index (χ2n) is 4.89. The molecule has 1 aromatic heterocycles. The molecule has 6 heteroatoms. The Balaban J connectivity index is 2.03. The van der Waals surface area contributed by atoms with Crippen LogP contribution in [0.2, 0.25) is 0 Å². The minimum atomic E-state index is -3.52. The van der Waals surface area contributed by atoms with Crippen LogP contribution in [0.1, 0.15) is 29.9 Å². The number of sulfonamides is 1. The van der Waals surface area contributed by atoms with Gasteiger partial charge in [-0.15, -0.1) is 0 Å². The van der Waals surface area contributed by atoms with Gasteiger partial charge in [0, 0.05) is 6.04 Å². The van der Waals surface area contributed by atoms with Crippen LogP contribution in [0, 0.1) is 6.92 Å². The van der Waals surface area contributed by atoms with Gasteiger partial charge >= 0.3 is 0 Å². The van der Waals surface area contributed by atoms with Gasteiger partial charge in [0.1, 0.15) is 5.76 Å². The summed E-state index contributed by atoms with van der Waals surface area (Å²) in [6.45, 7) is 4.60. The maximum atomic E-state index is 11.6. The third-order valence-electron chi connectivity index (χ3n) is 3.41. The fourth-order valence-electron chi connectivity index (χ4n) is 2.13. The molecule has 0 radical (unpaired) electrons. The molecule has 2 rings (SSSR count). The third kappa shape index (κ3) is 3.72. The Labute approximate surface area is 125 Å². The van der Waals surface area contributed by atoms with Gasteiger partial charge in [-0.2, -0.15) is 0 Å². The van der Waals surface area contributed by atoms with Crippen molar-refractivity contribution in [2.24, 2.45) is 0 Å². The fraction of sp³-hybridized carbons (Fsp3) is 0.333. The average Bonchev–Trinajstić information content (AvgIpc) is 2.95. The first-order valence-electron chi connectivity index (χ1n) is 6.75. The second kappa shape index (κ2) is 6.43. The molecular weight excluding hydrogens is 288 g/mol. The van der Waals surface area contributed by atoms with Crippen LogP contribution >= 0.6 is 0 Å². The number of hydrogen-bond donors (Lipinski definition) is 2. The van der Waals surface area contributed by atoms with Gasteiger partial charge in [-0.1, -0.05) is 24.3 Å². The van der Waals surface area contributed by atoms with Crippen molar-refractivity contribution in [2.75, 3.05) is 7.05 Å². The van der Waals surface area contributed by atoms with E-state index >= 15 is 0 Å². The molecule has 21 heavy (non-hydrogen) atoms. The van der Waals surface area contributed by atoms with E-state index < -0.39 is 10.0 Å². The number of hydrogen-bond acceptors (Lipinski definition) is 4. The molecule has 1 aromatic carbocycles. The monoisotopic (exact) mass is 308 g/mol. The van der Waals surface area contributed by atoms with E-state index in [0.29, 0.717) is 12.3 Å². The van der Waals surface area contributed by atoms with Crippen LogP contribution in [0.5, 0.6) is 0 Å². The molecule has 2 aromatic rings. The standard InChI is InChI=1S/C15H20N2O3S/c1-11-6-4-5-7-14(11)12(2)17-10-13-8-9-15(20-13)21(18,19)16-3/h4-9,12,16-17H,10H2,1-3H3. The highest BCUT2D eigenvalue weighted by molar-refractivity contribution is 7.89. The average molecular weight is 308 g/mol. The molecule has 114 valence electrons. The first kappa shape index (κ1) is 15.8. The maximum absolute atomic E-state index is 11.6. The molecular formula is C15H20N2O3S. The summed E-state index contributed by atoms with van der Waals surface area (Å²) < 4.78 is 30.8. The predicted molar refractivity (Wildman–Crippen MR) is 81.4 cm³/mol. The summed E-state index contributed by atoms with van der Waals surface area (Å²) in [6, 6.07) is 11.4. The molecule has 0 bridgehead atoms. The zero-order valence-corrected chi connectivity index (χ0v) is 13.2. The van der Waals surface area contributed by atoms with E-state index in [-0.39, 0.29) is 11.1 Å². The lowest BCUT2D eigenvalue weighted by atomic mass is 10.0. The highest BCUT2D eigenvalue weighted by Crippen LogP contribution is 2.18. The zero-order valence-electron chi connectivity index (χ0n) is 12.4. The molecule has 0 spiro atoms. The van der Waals surface area contributed by atoms with Crippen molar-refractivity contribution in [3.63, 3.8) is 0 Å². The first-order chi connectivity index (χ1) is 9.94. The summed E-state index contributed by atoms with van der Waals surface area (Å²) in [5, 5.41) is 3.27. The van der Waals surface area contributed by atoms with Crippen molar-refractivity contribution in [1.82, 2.24) is 10.0 Å². The molecule has 2 N–H and O–H groups in total. The zero-order chi connectivity index (χ0) is 15.5. The molecule has 1 unspecified atom stereocenters. The SMILES string of the molecule is CNS(=O)(=O)c1ccc(CNC(C)c2ccccc2C)o1. The quantitative estimate of drug-likeness (QED) is 0.859. The van der Waals surface area contributed by atoms with Crippen LogP contribution in [0.3, 0.4) is 0 Å². The van der Waals surface area contributed by atoms with Crippen LogP contribution in [0.25, 0.3) is 0 Å². The molecule has 0 aliphatic carbocycles. The van der Waals surface area contributed by atoms with Crippen molar-refractivity contribution in [1.29, 1.82) is 0 Å². The summed E-state index contributed by atoms with van der Waals surface area (Å²) in [5.41, 5.74) is 2.43. The molecule has 0 saturated carbocycles. The molecule has 0 aliphatic rings. The van der Waals surface area contributed by atoms with Crippen LogP contribution in [-0.4, -0.2) is 15.5 Å². The maximum Gasteiger partial charge on any atom is 0.273 e. The number of aryl methyl sites for hydroxylation is 1. The summed E-state index contributed by atoms with van der Waals surface area (Å²) in [6.07, 6.45) is 0. The molecule has 1 heterocycles. The van der Waals surface area contributed by atoms with Crippen LogP contribution in [0.15, 0.2) is 45.9 Å². The van der Waals surface area contributed by atoms with Gasteiger partial charge in [0.2, 0.25) is 5.09 Å². The Morgan fingerprint density at radius 1 is 1.19 bits per heavy atom. The highest BCUT2D eigenvalue weighted by atomic mass is 32.2. The lowest BCUT2D eigenvalue weighted by Crippen LogP contribution is -2.19. The van der Waals surface area contributed by atoms with Crippen LogP contribution in [-0.2, 0) is 16.6 Å². The van der Waals surface area contributed by atoms with Crippen LogP contribution < -0.4 is 10.0 Å². The van der Waals surface area contributed by atoms with E-state index in [2.05, 4.69) is 36.0 Å². The summed E-state index contributed by atoms with van der Waals surface area (Å²) in [5.74, 6) is 0.587. The van der Waals surface area contributed by atoms with Crippen molar-refractivity contribution in [2.45, 2.75) is 31.5 Å². The normalized spacial score (nSPS) is 13.3. The topological polar surface area (TPSA) is 71.3 Å². The summed E-state index contributed by atoms with van der Waals surface area (Å²) >= 11 is 0. The molecule has 1 atom stereocenters. The first-order valence-corrected chi connectivity index (χ1v) is 8.23. The van der Waals surface area contributed by atoms with E-state index in [0.717, 1.165) is 0 Å². The number of benzene rings is 1.